The van der Waals surface area contributed by atoms with Crippen LogP contribution in [0.15, 0.2) is 30.7 Å². The van der Waals surface area contributed by atoms with E-state index in [1.54, 1.807) is 12.4 Å². The van der Waals surface area contributed by atoms with Crippen molar-refractivity contribution in [1.29, 1.82) is 0 Å². The molecule has 0 unspecified atom stereocenters. The van der Waals surface area contributed by atoms with Gasteiger partial charge in [-0.1, -0.05) is 0 Å². The predicted molar refractivity (Wildman–Crippen MR) is 100 cm³/mol. The lowest BCUT2D eigenvalue weighted by Crippen LogP contribution is -2.59. The summed E-state index contributed by atoms with van der Waals surface area (Å²) in [5, 5.41) is 4.02. The van der Waals surface area contributed by atoms with Gasteiger partial charge in [-0.2, -0.15) is 0 Å². The van der Waals surface area contributed by atoms with E-state index < -0.39 is 0 Å². The van der Waals surface area contributed by atoms with Crippen molar-refractivity contribution in [3.63, 3.8) is 0 Å². The highest BCUT2D eigenvalue weighted by Gasteiger charge is 2.35. The van der Waals surface area contributed by atoms with E-state index in [-0.39, 0.29) is 30.6 Å². The number of hydrogen-bond donors (Lipinski definition) is 3. The van der Waals surface area contributed by atoms with Crippen LogP contribution in [0.2, 0.25) is 0 Å². The number of carbonyl (C=O) groups is 1. The summed E-state index contributed by atoms with van der Waals surface area (Å²) in [7, 11) is 0. The fourth-order valence-corrected chi connectivity index (χ4v) is 3.93. The van der Waals surface area contributed by atoms with Gasteiger partial charge in [0.25, 0.3) is 0 Å². The minimum absolute atomic E-state index is 0.0169. The summed E-state index contributed by atoms with van der Waals surface area (Å²) in [5.41, 5.74) is 9.30. The van der Waals surface area contributed by atoms with Crippen molar-refractivity contribution in [2.75, 3.05) is 30.3 Å². The van der Waals surface area contributed by atoms with Crippen LogP contribution in [0.1, 0.15) is 6.42 Å². The standard InChI is InChI=1S/C18H19N7O2/c19-18-21-4-1-11(24-18)10-7-22-17-16(10)13(2-5-20-17)25-6-3-12-14(8-25)27-9-15(26)23-12/h1-2,4-5,7,12,14H,3,6,8-9H2,(H,20,22)(H,23,26)(H2,19,21,24)/t12-,14-/m0/s1. The van der Waals surface area contributed by atoms with Crippen molar-refractivity contribution in [1.82, 2.24) is 25.3 Å². The molecule has 2 saturated heterocycles. The first-order valence-corrected chi connectivity index (χ1v) is 8.90. The SMILES string of the molecule is Nc1nccc(-c2c[nH]c3nccc(N4CC[C@@H]5NC(=O)CO[C@H]5C4)c23)n1. The van der Waals surface area contributed by atoms with E-state index in [0.29, 0.717) is 6.54 Å². The van der Waals surface area contributed by atoms with E-state index in [9.17, 15) is 4.79 Å². The molecule has 3 aromatic rings. The molecule has 9 nitrogen and oxygen atoms in total. The van der Waals surface area contributed by atoms with Gasteiger partial charge in [0.1, 0.15) is 12.3 Å². The molecule has 4 N–H and O–H groups in total. The Kier molecular flexibility index (Phi) is 3.68. The number of nitrogens with one attached hydrogen (secondary N) is 2. The van der Waals surface area contributed by atoms with Gasteiger partial charge >= 0.3 is 0 Å². The fraction of sp³-hybridized carbons (Fsp3) is 0.333. The summed E-state index contributed by atoms with van der Waals surface area (Å²) >= 11 is 0. The third kappa shape index (κ3) is 2.76. The molecular weight excluding hydrogens is 346 g/mol. The molecule has 2 atom stereocenters. The molecule has 27 heavy (non-hydrogen) atoms. The molecule has 0 bridgehead atoms. The van der Waals surface area contributed by atoms with Crippen molar-refractivity contribution in [2.45, 2.75) is 18.6 Å². The summed E-state index contributed by atoms with van der Waals surface area (Å²) in [6.45, 7) is 1.65. The minimum Gasteiger partial charge on any atom is -0.368 e. The van der Waals surface area contributed by atoms with Crippen LogP contribution in [0.4, 0.5) is 11.6 Å². The van der Waals surface area contributed by atoms with Crippen molar-refractivity contribution in [3.8, 4) is 11.3 Å². The Morgan fingerprint density at radius 1 is 1.26 bits per heavy atom. The average Bonchev–Trinajstić information content (AvgIpc) is 3.12. The first kappa shape index (κ1) is 16.0. The van der Waals surface area contributed by atoms with Crippen LogP contribution < -0.4 is 16.0 Å². The number of nitrogens with two attached hydrogens (primary N) is 1. The number of hydrogen-bond acceptors (Lipinski definition) is 7. The van der Waals surface area contributed by atoms with Crippen molar-refractivity contribution in [2.24, 2.45) is 0 Å². The van der Waals surface area contributed by atoms with Gasteiger partial charge in [0.05, 0.1) is 28.9 Å². The first-order chi connectivity index (χ1) is 13.2. The number of piperidine rings is 1. The number of pyridine rings is 1. The fourth-order valence-electron chi connectivity index (χ4n) is 3.93. The summed E-state index contributed by atoms with van der Waals surface area (Å²) in [6, 6.07) is 3.92. The normalized spacial score (nSPS) is 22.5. The Hall–Kier alpha value is -3.20. The van der Waals surface area contributed by atoms with Crippen LogP contribution in [0.5, 0.6) is 0 Å². The number of rotatable bonds is 2. The largest absolute Gasteiger partial charge is 0.368 e. The number of fused-ring (bicyclic) bond motifs is 2. The summed E-state index contributed by atoms with van der Waals surface area (Å²) < 4.78 is 5.76. The van der Waals surface area contributed by atoms with E-state index >= 15 is 0 Å². The van der Waals surface area contributed by atoms with Crippen molar-refractivity contribution < 1.29 is 9.53 Å². The average molecular weight is 365 g/mol. The second kappa shape index (κ2) is 6.20. The zero-order valence-electron chi connectivity index (χ0n) is 14.6. The Morgan fingerprint density at radius 3 is 3.04 bits per heavy atom. The van der Waals surface area contributed by atoms with E-state index in [1.807, 2.05) is 18.3 Å². The topological polar surface area (TPSA) is 122 Å². The zero-order valence-corrected chi connectivity index (χ0v) is 14.6. The molecule has 2 fully saturated rings. The van der Waals surface area contributed by atoms with Gasteiger partial charge in [-0.15, -0.1) is 0 Å². The number of aromatic amines is 1. The second-order valence-corrected chi connectivity index (χ2v) is 6.81. The number of morpholine rings is 1. The second-order valence-electron chi connectivity index (χ2n) is 6.81. The number of ether oxygens (including phenoxy) is 1. The van der Waals surface area contributed by atoms with Crippen molar-refractivity contribution >= 4 is 28.6 Å². The number of amides is 1. The molecule has 9 heteroatoms. The Labute approximate surface area is 155 Å². The molecule has 3 aromatic heterocycles. The summed E-state index contributed by atoms with van der Waals surface area (Å²) in [6.07, 6.45) is 6.16. The predicted octanol–water partition coefficient (Wildman–Crippen LogP) is 0.696. The van der Waals surface area contributed by atoms with Gasteiger partial charge < -0.3 is 25.7 Å². The lowest BCUT2D eigenvalue weighted by molar-refractivity contribution is -0.137. The third-order valence-corrected chi connectivity index (χ3v) is 5.18. The highest BCUT2D eigenvalue weighted by Crippen LogP contribution is 2.35. The maximum atomic E-state index is 11.6. The number of H-pyrrole nitrogens is 1. The van der Waals surface area contributed by atoms with Crippen molar-refractivity contribution in [3.05, 3.63) is 30.7 Å². The van der Waals surface area contributed by atoms with Gasteiger partial charge in [0.15, 0.2) is 0 Å². The number of carbonyl (C=O) groups excluding carboxylic acids is 1. The lowest BCUT2D eigenvalue weighted by Gasteiger charge is -2.42. The minimum atomic E-state index is -0.0368. The molecular formula is C18H19N7O2. The molecule has 0 saturated carbocycles. The maximum absolute atomic E-state index is 11.6. The van der Waals surface area contributed by atoms with Gasteiger partial charge in [0, 0.05) is 37.2 Å². The van der Waals surface area contributed by atoms with E-state index in [4.69, 9.17) is 10.5 Å². The number of nitrogen functional groups attached to an aromatic ring is 1. The molecule has 5 heterocycles. The van der Waals surface area contributed by atoms with Gasteiger partial charge in [-0.05, 0) is 18.6 Å². The Balaban J connectivity index is 1.54. The van der Waals surface area contributed by atoms with Crippen LogP contribution in [-0.4, -0.2) is 57.7 Å². The lowest BCUT2D eigenvalue weighted by atomic mass is 9.99. The van der Waals surface area contributed by atoms with Gasteiger partial charge in [-0.3, -0.25) is 4.79 Å². The van der Waals surface area contributed by atoms with Crippen LogP contribution in [0.3, 0.4) is 0 Å². The van der Waals surface area contributed by atoms with Gasteiger partial charge in [0.2, 0.25) is 11.9 Å². The van der Waals surface area contributed by atoms with E-state index in [1.165, 1.54) is 0 Å². The number of anilines is 2. The molecule has 0 aromatic carbocycles. The van der Waals surface area contributed by atoms with Crippen LogP contribution in [-0.2, 0) is 9.53 Å². The number of nitrogens with zero attached hydrogens (tertiary/aromatic N) is 4. The molecule has 0 radical (unpaired) electrons. The first-order valence-electron chi connectivity index (χ1n) is 8.90. The highest BCUT2D eigenvalue weighted by molar-refractivity contribution is 6.02. The molecule has 5 rings (SSSR count). The Morgan fingerprint density at radius 2 is 2.15 bits per heavy atom. The zero-order chi connectivity index (χ0) is 18.4. The smallest absolute Gasteiger partial charge is 0.246 e. The molecule has 2 aliphatic rings. The molecule has 138 valence electrons. The van der Waals surface area contributed by atoms with E-state index in [2.05, 4.69) is 30.2 Å². The quantitative estimate of drug-likeness (QED) is 0.611. The van der Waals surface area contributed by atoms with Crippen LogP contribution in [0.25, 0.3) is 22.3 Å². The molecule has 2 aliphatic heterocycles. The molecule has 0 aliphatic carbocycles. The van der Waals surface area contributed by atoms with Gasteiger partial charge in [-0.25, -0.2) is 15.0 Å². The Bertz CT molecular complexity index is 1020. The summed E-state index contributed by atoms with van der Waals surface area (Å²) in [4.78, 5) is 29.8. The van der Waals surface area contributed by atoms with E-state index in [0.717, 1.165) is 40.9 Å². The third-order valence-electron chi connectivity index (χ3n) is 5.18. The van der Waals surface area contributed by atoms with Crippen LogP contribution >= 0.6 is 0 Å². The molecule has 1 amide bonds. The molecule has 0 spiro atoms. The van der Waals surface area contributed by atoms with Crippen LogP contribution in [0, 0.1) is 0 Å². The highest BCUT2D eigenvalue weighted by atomic mass is 16.5. The number of aromatic nitrogens is 4. The maximum Gasteiger partial charge on any atom is 0.246 e. The monoisotopic (exact) mass is 365 g/mol. The summed E-state index contributed by atoms with van der Waals surface area (Å²) in [5.74, 6) is 0.199.